The van der Waals surface area contributed by atoms with Crippen LogP contribution in [0.5, 0.6) is 0 Å². The predicted molar refractivity (Wildman–Crippen MR) is 65.4 cm³/mol. The Balaban J connectivity index is 3.15. The summed E-state index contributed by atoms with van der Waals surface area (Å²) in [7, 11) is 3.57. The Bertz CT molecular complexity index is 393. The second-order valence-electron chi connectivity index (χ2n) is 2.99. The lowest BCUT2D eigenvalue weighted by Gasteiger charge is -2.02. The third-order valence-corrected chi connectivity index (χ3v) is 2.63. The third-order valence-electron chi connectivity index (χ3n) is 1.95. The van der Waals surface area contributed by atoms with Gasteiger partial charge in [0, 0.05) is 14.1 Å². The molecule has 0 amide bonds. The van der Waals surface area contributed by atoms with Crippen LogP contribution in [0.2, 0.25) is 0 Å². The monoisotopic (exact) mass is 225 g/mol. The van der Waals surface area contributed by atoms with Crippen LogP contribution < -0.4 is 5.32 Å². The number of thioether (sulfide) groups is 1. The zero-order chi connectivity index (χ0) is 11.4. The average Bonchev–Trinajstić information content (AvgIpc) is 2.59. The summed E-state index contributed by atoms with van der Waals surface area (Å²) in [6.07, 6.45) is 3.63. The van der Waals surface area contributed by atoms with Crippen molar-refractivity contribution in [3.05, 3.63) is 12.0 Å². The minimum absolute atomic E-state index is 0.281. The highest BCUT2D eigenvalue weighted by Gasteiger charge is 2.11. The molecule has 5 nitrogen and oxygen atoms in total. The summed E-state index contributed by atoms with van der Waals surface area (Å²) in [4.78, 5) is 8.54. The van der Waals surface area contributed by atoms with E-state index in [9.17, 15) is 0 Å². The van der Waals surface area contributed by atoms with Crippen molar-refractivity contribution in [1.82, 2.24) is 14.9 Å². The molecule has 0 aliphatic heterocycles. The van der Waals surface area contributed by atoms with Crippen molar-refractivity contribution in [2.24, 2.45) is 12.0 Å². The first-order valence-electron chi connectivity index (χ1n) is 4.47. The molecule has 1 aromatic rings. The molecule has 0 atom stereocenters. The van der Waals surface area contributed by atoms with Crippen molar-refractivity contribution in [2.75, 3.05) is 13.3 Å². The molecule has 0 unspecified atom stereocenters. The molecule has 6 heteroatoms. The number of amidine groups is 1. The van der Waals surface area contributed by atoms with Crippen molar-refractivity contribution in [1.29, 1.82) is 5.41 Å². The Morgan fingerprint density at radius 3 is 2.87 bits per heavy atom. The zero-order valence-corrected chi connectivity index (χ0v) is 10.1. The molecule has 2 N–H and O–H groups in total. The Hall–Kier alpha value is -1.30. The third kappa shape index (κ3) is 2.59. The standard InChI is InChI=1S/C9H15N5S/c1-6(15-4)13-9-7(8(10)11-2)12-5-14(9)3/h5H,1-4H3,(H2,10,11)/b13-6+. The first-order chi connectivity index (χ1) is 7.10. The van der Waals surface area contributed by atoms with Crippen molar-refractivity contribution in [3.63, 3.8) is 0 Å². The van der Waals surface area contributed by atoms with Crippen LogP contribution in [0.15, 0.2) is 11.3 Å². The van der Waals surface area contributed by atoms with E-state index in [-0.39, 0.29) is 5.84 Å². The van der Waals surface area contributed by atoms with Gasteiger partial charge in [0.15, 0.2) is 5.82 Å². The quantitative estimate of drug-likeness (QED) is 0.590. The molecule has 0 bridgehead atoms. The molecule has 0 fully saturated rings. The number of imidazole rings is 1. The second-order valence-corrected chi connectivity index (χ2v) is 3.99. The SMILES string of the molecule is CNC(=N)c1ncn(C)c1/N=C(\C)SC. The van der Waals surface area contributed by atoms with E-state index in [0.29, 0.717) is 11.5 Å². The number of aromatic nitrogens is 2. The fourth-order valence-electron chi connectivity index (χ4n) is 1.05. The Morgan fingerprint density at radius 1 is 1.67 bits per heavy atom. The van der Waals surface area contributed by atoms with Gasteiger partial charge in [0.1, 0.15) is 11.5 Å². The summed E-state index contributed by atoms with van der Waals surface area (Å²) in [5.41, 5.74) is 0.577. The molecule has 0 saturated carbocycles. The Kier molecular flexibility index (Phi) is 3.90. The van der Waals surface area contributed by atoms with Crippen LogP contribution >= 0.6 is 11.8 Å². The molecule has 0 spiro atoms. The minimum atomic E-state index is 0.281. The highest BCUT2D eigenvalue weighted by Crippen LogP contribution is 2.18. The molecular formula is C9H15N5S. The summed E-state index contributed by atoms with van der Waals surface area (Å²) >= 11 is 1.58. The fourth-order valence-corrected chi connectivity index (χ4v) is 1.22. The van der Waals surface area contributed by atoms with Crippen LogP contribution in [-0.4, -0.2) is 33.7 Å². The maximum atomic E-state index is 7.67. The summed E-state index contributed by atoms with van der Waals surface area (Å²) in [6.45, 7) is 1.93. The lowest BCUT2D eigenvalue weighted by molar-refractivity contribution is 0.912. The van der Waals surface area contributed by atoms with Crippen molar-refractivity contribution in [3.8, 4) is 0 Å². The number of aliphatic imine (C=N–C) groups is 1. The van der Waals surface area contributed by atoms with Crippen LogP contribution in [-0.2, 0) is 7.05 Å². The van der Waals surface area contributed by atoms with Gasteiger partial charge in [0.2, 0.25) is 0 Å². The summed E-state index contributed by atoms with van der Waals surface area (Å²) in [6, 6.07) is 0. The average molecular weight is 225 g/mol. The Morgan fingerprint density at radius 2 is 2.33 bits per heavy atom. The van der Waals surface area contributed by atoms with E-state index >= 15 is 0 Å². The van der Waals surface area contributed by atoms with Crippen LogP contribution in [0.25, 0.3) is 0 Å². The number of nitrogens with one attached hydrogen (secondary N) is 2. The van der Waals surface area contributed by atoms with Gasteiger partial charge >= 0.3 is 0 Å². The van der Waals surface area contributed by atoms with Crippen molar-refractivity contribution in [2.45, 2.75) is 6.92 Å². The summed E-state index contributed by atoms with van der Waals surface area (Å²) in [5, 5.41) is 11.4. The van der Waals surface area contributed by atoms with Crippen LogP contribution in [0.1, 0.15) is 12.6 Å². The lowest BCUT2D eigenvalue weighted by Crippen LogP contribution is -2.18. The predicted octanol–water partition coefficient (Wildman–Crippen LogP) is 1.38. The smallest absolute Gasteiger partial charge is 0.164 e. The van der Waals surface area contributed by atoms with E-state index in [2.05, 4.69) is 15.3 Å². The maximum Gasteiger partial charge on any atom is 0.164 e. The topological polar surface area (TPSA) is 66.1 Å². The molecule has 0 aliphatic rings. The maximum absolute atomic E-state index is 7.67. The first kappa shape index (κ1) is 11.8. The number of hydrogen-bond acceptors (Lipinski definition) is 4. The molecule has 1 aromatic heterocycles. The van der Waals surface area contributed by atoms with Crippen LogP contribution in [0, 0.1) is 5.41 Å². The number of rotatable bonds is 2. The van der Waals surface area contributed by atoms with Crippen molar-refractivity contribution < 1.29 is 0 Å². The van der Waals surface area contributed by atoms with Gasteiger partial charge in [0.25, 0.3) is 0 Å². The molecule has 1 rings (SSSR count). The van der Waals surface area contributed by atoms with E-state index in [1.165, 1.54) is 0 Å². The largest absolute Gasteiger partial charge is 0.372 e. The van der Waals surface area contributed by atoms with Crippen LogP contribution in [0.4, 0.5) is 5.82 Å². The highest BCUT2D eigenvalue weighted by molar-refractivity contribution is 8.13. The summed E-state index contributed by atoms with van der Waals surface area (Å²) < 4.78 is 1.81. The molecule has 1 heterocycles. The normalized spacial score (nSPS) is 11.6. The number of aryl methyl sites for hydroxylation is 1. The van der Waals surface area contributed by atoms with Gasteiger partial charge in [-0.25, -0.2) is 9.98 Å². The summed E-state index contributed by atoms with van der Waals surface area (Å²) in [5.74, 6) is 0.990. The highest BCUT2D eigenvalue weighted by atomic mass is 32.2. The second kappa shape index (κ2) is 4.97. The fraction of sp³-hybridized carbons (Fsp3) is 0.444. The van der Waals surface area contributed by atoms with Gasteiger partial charge in [-0.3, -0.25) is 5.41 Å². The van der Waals surface area contributed by atoms with Gasteiger partial charge in [-0.15, -0.1) is 11.8 Å². The van der Waals surface area contributed by atoms with E-state index in [0.717, 1.165) is 5.04 Å². The molecule has 82 valence electrons. The first-order valence-corrected chi connectivity index (χ1v) is 5.70. The molecule has 0 aromatic carbocycles. The minimum Gasteiger partial charge on any atom is -0.372 e. The van der Waals surface area contributed by atoms with Crippen molar-refractivity contribution >= 4 is 28.5 Å². The van der Waals surface area contributed by atoms with Gasteiger partial charge in [-0.2, -0.15) is 0 Å². The molecule has 15 heavy (non-hydrogen) atoms. The Labute approximate surface area is 93.5 Å². The van der Waals surface area contributed by atoms with Crippen LogP contribution in [0.3, 0.4) is 0 Å². The zero-order valence-electron chi connectivity index (χ0n) is 9.33. The van der Waals surface area contributed by atoms with Gasteiger partial charge < -0.3 is 9.88 Å². The van der Waals surface area contributed by atoms with Gasteiger partial charge in [0.05, 0.1) is 11.4 Å². The molecular weight excluding hydrogens is 210 g/mol. The van der Waals surface area contributed by atoms with E-state index < -0.39 is 0 Å². The van der Waals surface area contributed by atoms with E-state index in [1.54, 1.807) is 29.7 Å². The van der Waals surface area contributed by atoms with Gasteiger partial charge in [-0.05, 0) is 13.2 Å². The molecule has 0 radical (unpaired) electrons. The lowest BCUT2D eigenvalue weighted by atomic mass is 10.4. The molecule has 0 saturated heterocycles. The van der Waals surface area contributed by atoms with E-state index in [4.69, 9.17) is 5.41 Å². The van der Waals surface area contributed by atoms with Gasteiger partial charge in [-0.1, -0.05) is 0 Å². The number of nitrogens with zero attached hydrogens (tertiary/aromatic N) is 3. The number of hydrogen-bond donors (Lipinski definition) is 2. The molecule has 0 aliphatic carbocycles. The van der Waals surface area contributed by atoms with E-state index in [1.807, 2.05) is 20.2 Å².